The van der Waals surface area contributed by atoms with Crippen LogP contribution in [0.25, 0.3) is 0 Å². The maximum absolute atomic E-state index is 12.3. The molecular weight excluding hydrogens is 562 g/mol. The lowest BCUT2D eigenvalue weighted by Gasteiger charge is -2.48. The maximum Gasteiger partial charge on any atom is 0.313 e. The van der Waals surface area contributed by atoms with Gasteiger partial charge in [0.15, 0.2) is 23.4 Å². The summed E-state index contributed by atoms with van der Waals surface area (Å²) in [7, 11) is -2.24. The van der Waals surface area contributed by atoms with Crippen LogP contribution in [0.1, 0.15) is 41.5 Å². The van der Waals surface area contributed by atoms with Gasteiger partial charge in [-0.15, -0.1) is 11.8 Å². The van der Waals surface area contributed by atoms with Gasteiger partial charge in [-0.1, -0.05) is 22.1 Å². The normalized spacial score (nSPS) is 26.1. The van der Waals surface area contributed by atoms with E-state index in [1.807, 2.05) is 0 Å². The molecule has 218 valence electrons. The van der Waals surface area contributed by atoms with Crippen LogP contribution in [0, 0.1) is 0 Å². The van der Waals surface area contributed by atoms with Gasteiger partial charge in [0.05, 0.1) is 6.04 Å². The second-order valence-corrected chi connectivity index (χ2v) is 14.2. The van der Waals surface area contributed by atoms with Gasteiger partial charge in [0.25, 0.3) is 0 Å². The molecule has 1 fully saturated rings. The van der Waals surface area contributed by atoms with Crippen molar-refractivity contribution in [1.29, 1.82) is 0 Å². The maximum atomic E-state index is 12.3. The number of nitrogens with one attached hydrogen (secondary N) is 1. The molecule has 0 saturated carbocycles. The average Bonchev–Trinajstić information content (AvgIpc) is 2.73. The van der Waals surface area contributed by atoms with Crippen LogP contribution in [0.2, 0.25) is 0 Å². The summed E-state index contributed by atoms with van der Waals surface area (Å²) in [5, 5.41) is 2.70. The monoisotopic (exact) mass is 599 g/mol. The van der Waals surface area contributed by atoms with E-state index in [-0.39, 0.29) is 10.9 Å². The van der Waals surface area contributed by atoms with Crippen molar-refractivity contribution in [3.8, 4) is 0 Å². The molecule has 0 spiro atoms. The molecule has 0 aromatic heterocycles. The Hall–Kier alpha value is -1.97. The summed E-state index contributed by atoms with van der Waals surface area (Å²) in [6, 6.07) is -0.885. The number of amides is 1. The van der Waals surface area contributed by atoms with Gasteiger partial charge in [-0.25, -0.2) is 0 Å². The first-order chi connectivity index (χ1) is 17.6. The van der Waals surface area contributed by atoms with Crippen LogP contribution in [-0.2, 0) is 51.9 Å². The Labute approximate surface area is 232 Å². The molecule has 0 radical (unpaired) electrons. The molecule has 1 amide bonds. The molecule has 1 N–H and O–H groups in total. The number of rotatable bonds is 12. The minimum Gasteiger partial charge on any atom is -0.456 e. The zero-order chi connectivity index (χ0) is 29.2. The quantitative estimate of drug-likeness (QED) is 0.254. The van der Waals surface area contributed by atoms with Crippen molar-refractivity contribution in [2.24, 2.45) is 0 Å². The first-order valence-electron chi connectivity index (χ1n) is 11.6. The number of carbonyl (C=O) groups is 6. The minimum atomic E-state index is -2.24. The minimum absolute atomic E-state index is 0.0825. The number of ether oxygens (including phenoxy) is 4. The fraction of sp³-hybridized carbons (Fsp3) is 0.739. The number of thioether (sulfide) groups is 2. The van der Waals surface area contributed by atoms with Crippen LogP contribution < -0.4 is 5.32 Å². The van der Waals surface area contributed by atoms with E-state index in [2.05, 4.69) is 5.32 Å². The summed E-state index contributed by atoms with van der Waals surface area (Å²) in [6.45, 7) is 7.48. The predicted molar refractivity (Wildman–Crippen MR) is 145 cm³/mol. The summed E-state index contributed by atoms with van der Waals surface area (Å²) < 4.78 is 28.4. The van der Waals surface area contributed by atoms with E-state index < -0.39 is 76.0 Å². The molecule has 1 aliphatic heterocycles. The average molecular weight is 600 g/mol. The lowest BCUT2D eigenvalue weighted by atomic mass is 9.94. The topological polar surface area (TPSA) is 161 Å². The van der Waals surface area contributed by atoms with E-state index in [1.54, 1.807) is 12.5 Å². The second-order valence-electron chi connectivity index (χ2n) is 8.70. The van der Waals surface area contributed by atoms with E-state index in [0.717, 1.165) is 25.6 Å². The van der Waals surface area contributed by atoms with Crippen molar-refractivity contribution in [1.82, 2.24) is 5.32 Å². The van der Waals surface area contributed by atoms with Gasteiger partial charge in [0.1, 0.15) is 11.5 Å². The molecule has 1 aliphatic rings. The van der Waals surface area contributed by atoms with E-state index in [1.165, 1.54) is 39.5 Å². The van der Waals surface area contributed by atoms with Gasteiger partial charge >= 0.3 is 23.9 Å². The molecule has 0 aromatic carbocycles. The van der Waals surface area contributed by atoms with Crippen LogP contribution in [0.15, 0.2) is 0 Å². The van der Waals surface area contributed by atoms with Gasteiger partial charge in [-0.05, 0) is 12.5 Å². The van der Waals surface area contributed by atoms with E-state index in [9.17, 15) is 28.8 Å². The van der Waals surface area contributed by atoms with E-state index in [4.69, 9.17) is 23.1 Å². The molecular formula is C23H37NO11S3. The predicted octanol–water partition coefficient (Wildman–Crippen LogP) is 1.57. The van der Waals surface area contributed by atoms with Gasteiger partial charge in [-0.3, -0.25) is 28.8 Å². The Bertz CT molecular complexity index is 902. The molecule has 1 saturated heterocycles. The molecule has 1 rings (SSSR count). The largest absolute Gasteiger partial charge is 0.456 e. The summed E-state index contributed by atoms with van der Waals surface area (Å²) in [6.07, 6.45) is -1.31. The van der Waals surface area contributed by atoms with E-state index >= 15 is 0 Å². The van der Waals surface area contributed by atoms with Crippen molar-refractivity contribution < 1.29 is 51.9 Å². The molecule has 0 aromatic rings. The zero-order valence-electron chi connectivity index (χ0n) is 22.8. The SMILES string of the molecule is CS[C@H]1O[C@H]([C@H](CS(C)(CCSC(C)=O)OC(C)=O)NC(C)=O)[C@H](OC(C)=O)[C@H](OC(C)=O)[C@H]1OC(C)=O. The standard InChI is InChI=1S/C23H37NO11S3/c1-12(25)24-18(11-38(8,35-16(5)29)10-9-37-17(6)30)19-20(31-13(2)26)21(32-14(3)27)22(33-15(4)28)23(34-19)36-7/h18-23H,9-11H2,1-8H3,(H,24,25)/t18-,19+,20-,21-,22+,23+/m0/s1. The van der Waals surface area contributed by atoms with Crippen LogP contribution in [-0.4, -0.2) is 101 Å². The highest BCUT2D eigenvalue weighted by Gasteiger charge is 2.54. The third kappa shape index (κ3) is 11.4. The molecule has 7 atom stereocenters. The Kier molecular flexibility index (Phi) is 14.0. The van der Waals surface area contributed by atoms with Gasteiger partial charge in [0.2, 0.25) is 5.91 Å². The number of carbonyl (C=O) groups excluding carboxylic acids is 6. The third-order valence-corrected chi connectivity index (χ3v) is 9.81. The second kappa shape index (κ2) is 15.6. The highest BCUT2D eigenvalue weighted by atomic mass is 32.3. The first kappa shape index (κ1) is 34.1. The lowest BCUT2D eigenvalue weighted by Crippen LogP contribution is -2.66. The fourth-order valence-electron chi connectivity index (χ4n) is 3.98. The zero-order valence-corrected chi connectivity index (χ0v) is 25.3. The van der Waals surface area contributed by atoms with Crippen molar-refractivity contribution in [3.63, 3.8) is 0 Å². The van der Waals surface area contributed by atoms with Crippen LogP contribution in [0.4, 0.5) is 0 Å². The Balaban J connectivity index is 3.58. The highest BCUT2D eigenvalue weighted by molar-refractivity contribution is 8.30. The molecule has 0 bridgehead atoms. The summed E-state index contributed by atoms with van der Waals surface area (Å²) >= 11 is 2.25. The van der Waals surface area contributed by atoms with Crippen LogP contribution in [0.5, 0.6) is 0 Å². The third-order valence-electron chi connectivity index (χ3n) is 5.13. The molecule has 38 heavy (non-hydrogen) atoms. The molecule has 1 heterocycles. The van der Waals surface area contributed by atoms with E-state index in [0.29, 0.717) is 11.5 Å². The molecule has 15 heteroatoms. The fourth-order valence-corrected chi connectivity index (χ4v) is 8.65. The van der Waals surface area contributed by atoms with Gasteiger partial charge in [-0.2, -0.15) is 0 Å². The summed E-state index contributed by atoms with van der Waals surface area (Å²) in [5.74, 6) is -2.27. The number of hydrogen-bond donors (Lipinski definition) is 1. The van der Waals surface area contributed by atoms with Crippen molar-refractivity contribution >= 4 is 68.7 Å². The summed E-state index contributed by atoms with van der Waals surface area (Å²) in [4.78, 5) is 71.8. The van der Waals surface area contributed by atoms with Crippen LogP contribution >= 0.6 is 33.8 Å². The van der Waals surface area contributed by atoms with Gasteiger partial charge in [0, 0.05) is 58.8 Å². The van der Waals surface area contributed by atoms with Crippen LogP contribution in [0.3, 0.4) is 0 Å². The first-order valence-corrected chi connectivity index (χ1v) is 16.2. The molecule has 12 nitrogen and oxygen atoms in total. The summed E-state index contributed by atoms with van der Waals surface area (Å²) in [5.41, 5.74) is -0.862. The molecule has 1 unspecified atom stereocenters. The smallest absolute Gasteiger partial charge is 0.313 e. The van der Waals surface area contributed by atoms with Crippen molar-refractivity contribution in [2.75, 3.05) is 29.8 Å². The Morgan fingerprint density at radius 1 is 0.842 bits per heavy atom. The Morgan fingerprint density at radius 2 is 1.37 bits per heavy atom. The number of hydrogen-bond acceptors (Lipinski definition) is 13. The lowest BCUT2D eigenvalue weighted by molar-refractivity contribution is -0.234. The number of esters is 3. The molecule has 0 aliphatic carbocycles. The van der Waals surface area contributed by atoms with Gasteiger partial charge < -0.3 is 28.4 Å². The van der Waals surface area contributed by atoms with Crippen molar-refractivity contribution in [3.05, 3.63) is 0 Å². The highest BCUT2D eigenvalue weighted by Crippen LogP contribution is 2.48. The Morgan fingerprint density at radius 3 is 1.82 bits per heavy atom. The van der Waals surface area contributed by atoms with Crippen molar-refractivity contribution in [2.45, 2.75) is 77.4 Å².